The van der Waals surface area contributed by atoms with Crippen molar-refractivity contribution in [2.24, 2.45) is 0 Å². The van der Waals surface area contributed by atoms with Crippen LogP contribution in [-0.4, -0.2) is 11.5 Å². The van der Waals surface area contributed by atoms with Crippen molar-refractivity contribution in [1.29, 1.82) is 0 Å². The fraction of sp³-hybridized carbons (Fsp3) is 0.200. The van der Waals surface area contributed by atoms with E-state index in [9.17, 15) is 10.1 Å². The van der Waals surface area contributed by atoms with E-state index < -0.39 is 4.92 Å². The Labute approximate surface area is 131 Å². The number of para-hydroxylation sites is 1. The number of hydrogen-bond acceptors (Lipinski definition) is 4. The van der Waals surface area contributed by atoms with Crippen molar-refractivity contribution < 1.29 is 9.66 Å². The number of hydrogen-bond donors (Lipinski definition) is 1. The summed E-state index contributed by atoms with van der Waals surface area (Å²) in [6, 6.07) is 12.2. The monoisotopic (exact) mass is 350 g/mol. The Morgan fingerprint density at radius 1 is 1.29 bits per heavy atom. The number of nitro benzene ring substituents is 1. The molecule has 0 aromatic heterocycles. The van der Waals surface area contributed by atoms with Gasteiger partial charge in [-0.1, -0.05) is 35.0 Å². The molecule has 0 heterocycles. The van der Waals surface area contributed by atoms with E-state index in [0.717, 1.165) is 10.9 Å². The van der Waals surface area contributed by atoms with Gasteiger partial charge in [-0.3, -0.25) is 10.1 Å². The Kier molecular flexibility index (Phi) is 5.16. The minimum Gasteiger partial charge on any atom is -0.450 e. The second-order valence-corrected chi connectivity index (χ2v) is 5.31. The molecule has 0 spiro atoms. The van der Waals surface area contributed by atoms with Gasteiger partial charge in [-0.15, -0.1) is 0 Å². The Morgan fingerprint density at radius 3 is 2.71 bits per heavy atom. The number of halogens is 1. The molecule has 5 nitrogen and oxygen atoms in total. The summed E-state index contributed by atoms with van der Waals surface area (Å²) in [6.07, 6.45) is 0.883. The fourth-order valence-electron chi connectivity index (χ4n) is 1.85. The number of rotatable bonds is 6. The van der Waals surface area contributed by atoms with E-state index in [1.165, 1.54) is 0 Å². The molecule has 0 bridgehead atoms. The van der Waals surface area contributed by atoms with Gasteiger partial charge in [0.25, 0.3) is 0 Å². The van der Waals surface area contributed by atoms with Crippen molar-refractivity contribution in [3.63, 3.8) is 0 Å². The minimum absolute atomic E-state index is 0.0501. The highest BCUT2D eigenvalue weighted by atomic mass is 79.9. The number of nitrogens with zero attached hydrogens (tertiary/aromatic N) is 1. The molecule has 2 aromatic rings. The van der Waals surface area contributed by atoms with Gasteiger partial charge in [0.1, 0.15) is 11.4 Å². The van der Waals surface area contributed by atoms with Crippen LogP contribution < -0.4 is 10.1 Å². The summed E-state index contributed by atoms with van der Waals surface area (Å²) < 4.78 is 6.51. The molecule has 0 atom stereocenters. The van der Waals surface area contributed by atoms with Gasteiger partial charge in [0, 0.05) is 11.0 Å². The average molecular weight is 351 g/mol. The van der Waals surface area contributed by atoms with Crippen LogP contribution in [0.2, 0.25) is 0 Å². The lowest BCUT2D eigenvalue weighted by Crippen LogP contribution is -2.04. The molecule has 110 valence electrons. The molecule has 2 aromatic carbocycles. The van der Waals surface area contributed by atoms with Gasteiger partial charge in [0.15, 0.2) is 0 Å². The molecule has 2 rings (SSSR count). The molecular formula is C15H15BrN2O3. The van der Waals surface area contributed by atoms with Crippen molar-refractivity contribution in [2.45, 2.75) is 13.3 Å². The third-order valence-corrected chi connectivity index (χ3v) is 3.26. The minimum atomic E-state index is -0.425. The van der Waals surface area contributed by atoms with Crippen LogP contribution in [0.1, 0.15) is 13.3 Å². The summed E-state index contributed by atoms with van der Waals surface area (Å²) in [5.74, 6) is 0.763. The Morgan fingerprint density at radius 2 is 2.05 bits per heavy atom. The molecule has 0 unspecified atom stereocenters. The summed E-state index contributed by atoms with van der Waals surface area (Å²) in [7, 11) is 0. The van der Waals surface area contributed by atoms with E-state index >= 15 is 0 Å². The largest absolute Gasteiger partial charge is 0.450 e. The number of nitro groups is 1. The molecule has 0 saturated heterocycles. The van der Waals surface area contributed by atoms with Gasteiger partial charge < -0.3 is 10.1 Å². The number of nitrogens with one attached hydrogen (secondary N) is 1. The molecule has 0 aliphatic rings. The van der Waals surface area contributed by atoms with Gasteiger partial charge in [0.2, 0.25) is 5.75 Å². The summed E-state index contributed by atoms with van der Waals surface area (Å²) in [5.41, 5.74) is 0.417. The summed E-state index contributed by atoms with van der Waals surface area (Å²) >= 11 is 3.35. The van der Waals surface area contributed by atoms with Crippen molar-refractivity contribution in [1.82, 2.24) is 0 Å². The van der Waals surface area contributed by atoms with E-state index in [2.05, 4.69) is 21.2 Å². The summed E-state index contributed by atoms with van der Waals surface area (Å²) in [6.45, 7) is 2.67. The lowest BCUT2D eigenvalue weighted by molar-refractivity contribution is -0.384. The number of anilines is 1. The molecule has 0 aliphatic heterocycles. The standard InChI is InChI=1S/C15H15BrN2O3/c1-2-9-17-13-7-4-8-14(15(13)18(19)20)21-12-6-3-5-11(16)10-12/h3-8,10,17H,2,9H2,1H3. The topological polar surface area (TPSA) is 64.4 Å². The number of benzene rings is 2. The van der Waals surface area contributed by atoms with Crippen molar-refractivity contribution in [2.75, 3.05) is 11.9 Å². The molecular weight excluding hydrogens is 336 g/mol. The molecule has 0 saturated carbocycles. The lowest BCUT2D eigenvalue weighted by Gasteiger charge is -2.10. The molecule has 21 heavy (non-hydrogen) atoms. The van der Waals surface area contributed by atoms with Crippen LogP contribution in [0, 0.1) is 10.1 Å². The van der Waals surface area contributed by atoms with Crippen LogP contribution >= 0.6 is 15.9 Å². The zero-order valence-electron chi connectivity index (χ0n) is 11.5. The predicted octanol–water partition coefficient (Wildman–Crippen LogP) is 4.97. The van der Waals surface area contributed by atoms with Crippen molar-refractivity contribution in [3.8, 4) is 11.5 Å². The van der Waals surface area contributed by atoms with E-state index in [1.807, 2.05) is 19.1 Å². The molecule has 0 radical (unpaired) electrons. The van der Waals surface area contributed by atoms with Crippen LogP contribution in [-0.2, 0) is 0 Å². The first-order valence-electron chi connectivity index (χ1n) is 6.56. The predicted molar refractivity (Wildman–Crippen MR) is 86.1 cm³/mol. The molecule has 0 amide bonds. The quantitative estimate of drug-likeness (QED) is 0.589. The molecule has 1 N–H and O–H groups in total. The number of ether oxygens (including phenoxy) is 1. The van der Waals surface area contributed by atoms with Crippen LogP contribution in [0.5, 0.6) is 11.5 Å². The zero-order valence-corrected chi connectivity index (χ0v) is 13.1. The third-order valence-electron chi connectivity index (χ3n) is 2.77. The van der Waals surface area contributed by atoms with Gasteiger partial charge in [-0.2, -0.15) is 0 Å². The highest BCUT2D eigenvalue weighted by Gasteiger charge is 2.21. The lowest BCUT2D eigenvalue weighted by atomic mass is 10.2. The van der Waals surface area contributed by atoms with Crippen LogP contribution in [0.4, 0.5) is 11.4 Å². The first-order chi connectivity index (χ1) is 10.1. The second kappa shape index (κ2) is 7.08. The van der Waals surface area contributed by atoms with Crippen molar-refractivity contribution in [3.05, 3.63) is 57.1 Å². The third kappa shape index (κ3) is 3.95. The first kappa shape index (κ1) is 15.3. The van der Waals surface area contributed by atoms with Gasteiger partial charge in [-0.25, -0.2) is 0 Å². The van der Waals surface area contributed by atoms with Gasteiger partial charge in [0.05, 0.1) is 4.92 Å². The maximum absolute atomic E-state index is 11.3. The van der Waals surface area contributed by atoms with Crippen LogP contribution in [0.15, 0.2) is 46.9 Å². The Bertz CT molecular complexity index is 647. The van der Waals surface area contributed by atoms with E-state index in [-0.39, 0.29) is 11.4 Å². The van der Waals surface area contributed by atoms with E-state index in [0.29, 0.717) is 18.0 Å². The van der Waals surface area contributed by atoms with Crippen LogP contribution in [0.3, 0.4) is 0 Å². The molecule has 6 heteroatoms. The second-order valence-electron chi connectivity index (χ2n) is 4.40. The maximum atomic E-state index is 11.3. The van der Waals surface area contributed by atoms with Crippen LogP contribution in [0.25, 0.3) is 0 Å². The Hall–Kier alpha value is -2.08. The fourth-order valence-corrected chi connectivity index (χ4v) is 2.23. The SMILES string of the molecule is CCCNc1cccc(Oc2cccc(Br)c2)c1[N+](=O)[O-]. The zero-order chi connectivity index (χ0) is 15.2. The summed E-state index contributed by atoms with van der Waals surface area (Å²) in [4.78, 5) is 10.9. The van der Waals surface area contributed by atoms with E-state index in [1.54, 1.807) is 30.3 Å². The van der Waals surface area contributed by atoms with Gasteiger partial charge in [-0.05, 0) is 36.8 Å². The van der Waals surface area contributed by atoms with Gasteiger partial charge >= 0.3 is 5.69 Å². The van der Waals surface area contributed by atoms with E-state index in [4.69, 9.17) is 4.74 Å². The smallest absolute Gasteiger partial charge is 0.334 e. The first-order valence-corrected chi connectivity index (χ1v) is 7.36. The average Bonchev–Trinajstić information content (AvgIpc) is 2.45. The van der Waals surface area contributed by atoms with Crippen molar-refractivity contribution >= 4 is 27.3 Å². The highest BCUT2D eigenvalue weighted by Crippen LogP contribution is 2.37. The Balaban J connectivity index is 2.36. The molecule has 0 aliphatic carbocycles. The highest BCUT2D eigenvalue weighted by molar-refractivity contribution is 9.10. The maximum Gasteiger partial charge on any atom is 0.334 e. The summed E-state index contributed by atoms with van der Waals surface area (Å²) in [5, 5.41) is 14.4. The normalized spacial score (nSPS) is 10.2. The molecule has 0 fully saturated rings.